The van der Waals surface area contributed by atoms with Gasteiger partial charge >= 0.3 is 0 Å². The zero-order valence-electron chi connectivity index (χ0n) is 9.21. The van der Waals surface area contributed by atoms with Crippen LogP contribution in [0, 0.1) is 0 Å². The SMILES string of the molecule is CC.CC.OCNc1cccnc1Cl. The van der Waals surface area contributed by atoms with Crippen molar-refractivity contribution < 1.29 is 5.11 Å². The topological polar surface area (TPSA) is 45.1 Å². The molecule has 0 fully saturated rings. The summed E-state index contributed by atoms with van der Waals surface area (Å²) >= 11 is 5.62. The van der Waals surface area contributed by atoms with E-state index in [1.54, 1.807) is 18.3 Å². The smallest absolute Gasteiger partial charge is 0.152 e. The number of rotatable bonds is 2. The fraction of sp³-hybridized carbons (Fsp3) is 0.500. The Balaban J connectivity index is 0. The summed E-state index contributed by atoms with van der Waals surface area (Å²) in [6.07, 6.45) is 1.59. The average Bonchev–Trinajstić information content (AvgIpc) is 2.28. The van der Waals surface area contributed by atoms with E-state index < -0.39 is 0 Å². The molecule has 0 radical (unpaired) electrons. The number of nitrogens with zero attached hydrogens (tertiary/aromatic N) is 1. The maximum atomic E-state index is 8.45. The summed E-state index contributed by atoms with van der Waals surface area (Å²) in [5.74, 6) is 0. The van der Waals surface area contributed by atoms with Gasteiger partial charge in [0, 0.05) is 6.20 Å². The molecule has 82 valence electrons. The van der Waals surface area contributed by atoms with Gasteiger partial charge in [-0.25, -0.2) is 4.98 Å². The van der Waals surface area contributed by atoms with Crippen molar-refractivity contribution in [2.75, 3.05) is 12.0 Å². The molecule has 0 spiro atoms. The van der Waals surface area contributed by atoms with Crippen molar-refractivity contribution in [3.05, 3.63) is 23.5 Å². The maximum Gasteiger partial charge on any atom is 0.152 e. The third-order valence-corrected chi connectivity index (χ3v) is 1.33. The van der Waals surface area contributed by atoms with Crippen LogP contribution in [0.15, 0.2) is 18.3 Å². The minimum Gasteiger partial charge on any atom is -0.377 e. The molecule has 1 aromatic heterocycles. The second-order valence-electron chi connectivity index (χ2n) is 1.68. The number of aliphatic hydroxyl groups is 1. The molecule has 0 aliphatic heterocycles. The van der Waals surface area contributed by atoms with Crippen LogP contribution in [-0.2, 0) is 0 Å². The molecule has 0 aromatic carbocycles. The van der Waals surface area contributed by atoms with Gasteiger partial charge in [-0.15, -0.1) is 0 Å². The van der Waals surface area contributed by atoms with Gasteiger partial charge in [0.25, 0.3) is 0 Å². The summed E-state index contributed by atoms with van der Waals surface area (Å²) in [7, 11) is 0. The van der Waals surface area contributed by atoms with Crippen molar-refractivity contribution >= 4 is 17.3 Å². The quantitative estimate of drug-likeness (QED) is 0.592. The third-order valence-electron chi connectivity index (χ3n) is 1.03. The number of nitrogens with one attached hydrogen (secondary N) is 1. The van der Waals surface area contributed by atoms with Gasteiger partial charge in [0.05, 0.1) is 5.69 Å². The monoisotopic (exact) mass is 218 g/mol. The van der Waals surface area contributed by atoms with E-state index in [0.717, 1.165) is 0 Å². The molecule has 14 heavy (non-hydrogen) atoms. The lowest BCUT2D eigenvalue weighted by Crippen LogP contribution is -1.99. The Bertz CT molecular complexity index is 219. The molecule has 0 aliphatic rings. The molecule has 4 heteroatoms. The van der Waals surface area contributed by atoms with Crippen LogP contribution in [-0.4, -0.2) is 16.8 Å². The molecular weight excluding hydrogens is 200 g/mol. The van der Waals surface area contributed by atoms with Gasteiger partial charge in [-0.1, -0.05) is 39.3 Å². The summed E-state index contributed by atoms with van der Waals surface area (Å²) in [5, 5.41) is 11.5. The van der Waals surface area contributed by atoms with Crippen LogP contribution in [0.5, 0.6) is 0 Å². The third kappa shape index (κ3) is 6.69. The zero-order chi connectivity index (χ0) is 11.4. The molecule has 0 atom stereocenters. The first-order valence-corrected chi connectivity index (χ1v) is 5.17. The van der Waals surface area contributed by atoms with Gasteiger partial charge in [-0.05, 0) is 12.1 Å². The van der Waals surface area contributed by atoms with E-state index in [1.807, 2.05) is 27.7 Å². The predicted molar refractivity (Wildman–Crippen MR) is 62.7 cm³/mol. The lowest BCUT2D eigenvalue weighted by atomic mass is 10.4. The number of hydrogen-bond acceptors (Lipinski definition) is 3. The molecule has 0 aliphatic carbocycles. The standard InChI is InChI=1S/C6H7ClN2O.2C2H6/c7-6-5(9-4-10)2-1-3-8-6;2*1-2/h1-3,9-10H,4H2;2*1-2H3. The van der Waals surface area contributed by atoms with E-state index in [0.29, 0.717) is 10.8 Å². The molecule has 0 saturated heterocycles. The highest BCUT2D eigenvalue weighted by atomic mass is 35.5. The summed E-state index contributed by atoms with van der Waals surface area (Å²) in [4.78, 5) is 3.79. The summed E-state index contributed by atoms with van der Waals surface area (Å²) < 4.78 is 0. The van der Waals surface area contributed by atoms with Gasteiger partial charge in [0.2, 0.25) is 0 Å². The first-order valence-electron chi connectivity index (χ1n) is 4.80. The van der Waals surface area contributed by atoms with E-state index in [1.165, 1.54) is 0 Å². The highest BCUT2D eigenvalue weighted by Gasteiger charge is 1.95. The largest absolute Gasteiger partial charge is 0.377 e. The van der Waals surface area contributed by atoms with Gasteiger partial charge in [0.1, 0.15) is 6.73 Å². The zero-order valence-corrected chi connectivity index (χ0v) is 9.97. The molecule has 0 bridgehead atoms. The van der Waals surface area contributed by atoms with E-state index >= 15 is 0 Å². The number of halogens is 1. The first-order chi connectivity index (χ1) is 6.84. The van der Waals surface area contributed by atoms with E-state index in [2.05, 4.69) is 10.3 Å². The van der Waals surface area contributed by atoms with Crippen LogP contribution in [0.1, 0.15) is 27.7 Å². The highest BCUT2D eigenvalue weighted by Crippen LogP contribution is 2.16. The average molecular weight is 219 g/mol. The van der Waals surface area contributed by atoms with Gasteiger partial charge in [-0.2, -0.15) is 0 Å². The molecule has 0 amide bonds. The highest BCUT2D eigenvalue weighted by molar-refractivity contribution is 6.31. The maximum absolute atomic E-state index is 8.45. The molecule has 1 rings (SSSR count). The summed E-state index contributed by atoms with van der Waals surface area (Å²) in [6.45, 7) is 7.87. The van der Waals surface area contributed by atoms with Crippen molar-refractivity contribution in [2.24, 2.45) is 0 Å². The van der Waals surface area contributed by atoms with Crippen LogP contribution >= 0.6 is 11.6 Å². The lowest BCUT2D eigenvalue weighted by Gasteiger charge is -2.01. The van der Waals surface area contributed by atoms with Crippen molar-refractivity contribution in [3.63, 3.8) is 0 Å². The van der Waals surface area contributed by atoms with Crippen LogP contribution in [0.2, 0.25) is 5.15 Å². The Morgan fingerprint density at radius 3 is 2.36 bits per heavy atom. The molecule has 3 nitrogen and oxygen atoms in total. The molecule has 1 heterocycles. The minimum atomic E-state index is -0.134. The fourth-order valence-electron chi connectivity index (χ4n) is 0.603. The van der Waals surface area contributed by atoms with Crippen molar-refractivity contribution in [1.82, 2.24) is 4.98 Å². The Hall–Kier alpha value is -0.800. The van der Waals surface area contributed by atoms with E-state index in [-0.39, 0.29) is 6.73 Å². The molecule has 1 aromatic rings. The molecule has 0 saturated carbocycles. The minimum absolute atomic E-state index is 0.134. The fourth-order valence-corrected chi connectivity index (χ4v) is 0.789. The Morgan fingerprint density at radius 2 is 1.93 bits per heavy atom. The Morgan fingerprint density at radius 1 is 1.36 bits per heavy atom. The summed E-state index contributed by atoms with van der Waals surface area (Å²) in [5.41, 5.74) is 0.645. The van der Waals surface area contributed by atoms with Crippen LogP contribution in [0.4, 0.5) is 5.69 Å². The van der Waals surface area contributed by atoms with Crippen molar-refractivity contribution in [1.29, 1.82) is 0 Å². The Labute approximate surface area is 91.1 Å². The van der Waals surface area contributed by atoms with Gasteiger partial charge in [0.15, 0.2) is 5.15 Å². The molecule has 2 N–H and O–H groups in total. The van der Waals surface area contributed by atoms with E-state index in [9.17, 15) is 0 Å². The normalized spacial score (nSPS) is 7.57. The second kappa shape index (κ2) is 12.2. The van der Waals surface area contributed by atoms with E-state index in [4.69, 9.17) is 16.7 Å². The van der Waals surface area contributed by atoms with Crippen molar-refractivity contribution in [2.45, 2.75) is 27.7 Å². The second-order valence-corrected chi connectivity index (χ2v) is 2.03. The van der Waals surface area contributed by atoms with Crippen LogP contribution < -0.4 is 5.32 Å². The number of aromatic nitrogens is 1. The first kappa shape index (κ1) is 15.7. The summed E-state index contributed by atoms with van der Waals surface area (Å²) in [6, 6.07) is 3.48. The van der Waals surface area contributed by atoms with Crippen molar-refractivity contribution in [3.8, 4) is 0 Å². The van der Waals surface area contributed by atoms with Crippen LogP contribution in [0.3, 0.4) is 0 Å². The Kier molecular flexibility index (Phi) is 13.6. The van der Waals surface area contributed by atoms with Gasteiger partial charge in [-0.3, -0.25) is 0 Å². The molecular formula is C10H19ClN2O. The molecule has 0 unspecified atom stereocenters. The number of pyridine rings is 1. The number of anilines is 1. The number of hydrogen-bond donors (Lipinski definition) is 2. The van der Waals surface area contributed by atoms with Crippen LogP contribution in [0.25, 0.3) is 0 Å². The van der Waals surface area contributed by atoms with Gasteiger partial charge < -0.3 is 10.4 Å². The number of aliphatic hydroxyl groups excluding tert-OH is 1. The predicted octanol–water partition coefficient (Wildman–Crippen LogP) is 3.15. The lowest BCUT2D eigenvalue weighted by molar-refractivity contribution is 0.325.